The topological polar surface area (TPSA) is 118 Å². The smallest absolute Gasteiger partial charge is 0.306 e. The van der Waals surface area contributed by atoms with Gasteiger partial charge in [0.2, 0.25) is 0 Å². The van der Waals surface area contributed by atoms with Crippen LogP contribution in [0.25, 0.3) is 0 Å². The van der Waals surface area contributed by atoms with Crippen molar-refractivity contribution in [1.82, 2.24) is 0 Å². The molecule has 0 radical (unpaired) electrons. The van der Waals surface area contributed by atoms with Gasteiger partial charge in [-0.3, -0.25) is 9.59 Å². The van der Waals surface area contributed by atoms with Gasteiger partial charge in [-0.2, -0.15) is 0 Å². The molecule has 1 fully saturated rings. The summed E-state index contributed by atoms with van der Waals surface area (Å²) in [5, 5.41) is 10.5. The van der Waals surface area contributed by atoms with Crippen LogP contribution in [0, 0.1) is 23.7 Å². The molecule has 0 aliphatic carbocycles. The van der Waals surface area contributed by atoms with Crippen LogP contribution >= 0.6 is 0 Å². The van der Waals surface area contributed by atoms with Gasteiger partial charge in [0.05, 0.1) is 12.7 Å². The van der Waals surface area contributed by atoms with E-state index in [1.807, 2.05) is 26.8 Å². The predicted molar refractivity (Wildman–Crippen MR) is 150 cm³/mol. The molecule has 228 valence electrons. The molecule has 4 unspecified atom stereocenters. The molecular weight excluding hydrogens is 516 g/mol. The van der Waals surface area contributed by atoms with Gasteiger partial charge in [-0.05, 0) is 57.4 Å². The molecule has 2 aliphatic heterocycles. The standard InChI is InChI=1S/C31H50O9/c1-8-26-24(18-38-31-30(37-7)29(36-6)28(35)22(5)39-31)16-20(3)9-11-25(33)21(4)17-23(13-14-32)15-19(2)10-12-27(34)40-26/h9,11,14,16,19,21-24,26,28-31,35H,8,10,12-13,15,17-18H2,1-7H3/b11-9+,20-16+/t19-,21+,22+,23+,24+,26+,28?,29?,30?,31?/m0/s1. The summed E-state index contributed by atoms with van der Waals surface area (Å²) < 4.78 is 29.1. The van der Waals surface area contributed by atoms with Crippen LogP contribution in [-0.2, 0) is 38.1 Å². The second-order valence-electron chi connectivity index (χ2n) is 11.5. The molecule has 2 heterocycles. The maximum atomic E-state index is 12.9. The second-order valence-corrected chi connectivity index (χ2v) is 11.5. The zero-order valence-corrected chi connectivity index (χ0v) is 25.2. The lowest BCUT2D eigenvalue weighted by atomic mass is 9.83. The highest BCUT2D eigenvalue weighted by Crippen LogP contribution is 2.29. The van der Waals surface area contributed by atoms with Crippen molar-refractivity contribution in [3.05, 3.63) is 23.8 Å². The third-order valence-corrected chi connectivity index (χ3v) is 8.08. The maximum absolute atomic E-state index is 12.9. The van der Waals surface area contributed by atoms with E-state index < -0.39 is 36.8 Å². The van der Waals surface area contributed by atoms with Crippen LogP contribution in [0.15, 0.2) is 23.8 Å². The van der Waals surface area contributed by atoms with Crippen molar-refractivity contribution in [3.63, 3.8) is 0 Å². The number of rotatable bonds is 8. The monoisotopic (exact) mass is 566 g/mol. The molecule has 2 aliphatic rings. The van der Waals surface area contributed by atoms with E-state index in [2.05, 4.69) is 6.92 Å². The van der Waals surface area contributed by atoms with Crippen molar-refractivity contribution in [3.8, 4) is 0 Å². The Hall–Kier alpha value is -1.91. The third kappa shape index (κ3) is 10.2. The Morgan fingerprint density at radius 3 is 2.40 bits per heavy atom. The van der Waals surface area contributed by atoms with Crippen LogP contribution in [0.1, 0.15) is 73.1 Å². The summed E-state index contributed by atoms with van der Waals surface area (Å²) in [4.78, 5) is 37.0. The minimum Gasteiger partial charge on any atom is -0.462 e. The molecule has 1 saturated heterocycles. The van der Waals surface area contributed by atoms with Gasteiger partial charge in [0.1, 0.15) is 30.7 Å². The maximum Gasteiger partial charge on any atom is 0.306 e. The summed E-state index contributed by atoms with van der Waals surface area (Å²) in [6.07, 6.45) is 5.61. The summed E-state index contributed by atoms with van der Waals surface area (Å²) in [5.41, 5.74) is 0.834. The number of ketones is 1. The fourth-order valence-electron chi connectivity index (χ4n) is 5.67. The molecule has 0 spiro atoms. The van der Waals surface area contributed by atoms with Gasteiger partial charge in [0.15, 0.2) is 12.1 Å². The number of cyclic esters (lactones) is 1. The van der Waals surface area contributed by atoms with Crippen LogP contribution in [-0.4, -0.2) is 80.8 Å². The minimum atomic E-state index is -0.870. The first kappa shape index (κ1) is 34.3. The van der Waals surface area contributed by atoms with Crippen LogP contribution in [0.3, 0.4) is 0 Å². The molecule has 9 heteroatoms. The van der Waals surface area contributed by atoms with Gasteiger partial charge in [-0.25, -0.2) is 0 Å². The Morgan fingerprint density at radius 2 is 1.77 bits per heavy atom. The number of aliphatic hydroxyl groups is 1. The first-order valence-electron chi connectivity index (χ1n) is 14.6. The number of hydrogen-bond acceptors (Lipinski definition) is 9. The zero-order chi connectivity index (χ0) is 29.8. The third-order valence-electron chi connectivity index (χ3n) is 8.08. The lowest BCUT2D eigenvalue weighted by Crippen LogP contribution is -2.59. The van der Waals surface area contributed by atoms with Crippen LogP contribution in [0.5, 0.6) is 0 Å². The van der Waals surface area contributed by atoms with Crippen LogP contribution in [0.4, 0.5) is 0 Å². The van der Waals surface area contributed by atoms with E-state index in [-0.39, 0.29) is 48.5 Å². The number of aldehydes is 1. The summed E-state index contributed by atoms with van der Waals surface area (Å²) in [6, 6.07) is 0. The molecule has 0 aromatic carbocycles. The van der Waals surface area contributed by atoms with Gasteiger partial charge in [-0.1, -0.05) is 38.5 Å². The Morgan fingerprint density at radius 1 is 1.07 bits per heavy atom. The van der Waals surface area contributed by atoms with Gasteiger partial charge in [0, 0.05) is 38.9 Å². The van der Waals surface area contributed by atoms with Gasteiger partial charge in [0.25, 0.3) is 0 Å². The van der Waals surface area contributed by atoms with Crippen molar-refractivity contribution in [2.75, 3.05) is 20.8 Å². The lowest BCUT2D eigenvalue weighted by molar-refractivity contribution is -0.304. The molecule has 0 bridgehead atoms. The highest BCUT2D eigenvalue weighted by Gasteiger charge is 2.45. The number of carbonyl (C=O) groups excluding carboxylic acids is 3. The number of hydrogen-bond donors (Lipinski definition) is 1. The number of allylic oxidation sites excluding steroid dienone is 3. The molecule has 0 aromatic rings. The fourth-order valence-corrected chi connectivity index (χ4v) is 5.67. The summed E-state index contributed by atoms with van der Waals surface area (Å²) in [6.45, 7) is 9.73. The molecule has 0 aromatic heterocycles. The van der Waals surface area contributed by atoms with E-state index in [0.29, 0.717) is 25.7 Å². The van der Waals surface area contributed by atoms with E-state index in [4.69, 9.17) is 23.7 Å². The number of methoxy groups -OCH3 is 2. The summed E-state index contributed by atoms with van der Waals surface area (Å²) in [5.74, 6) is -0.464. The SMILES string of the molecule is CC[C@H]1OC(=O)CC[C@H](C)C[C@@H](CC=O)C[C@@H](C)C(=O)/C=C/C(C)=C/[C@@H]1COC1O[C@H](C)C(O)C(OC)C1OC. The Bertz CT molecular complexity index is 869. The van der Waals surface area contributed by atoms with Gasteiger partial charge in [-0.15, -0.1) is 0 Å². The average Bonchev–Trinajstić information content (AvgIpc) is 2.92. The first-order chi connectivity index (χ1) is 19.0. The van der Waals surface area contributed by atoms with Crippen LogP contribution in [0.2, 0.25) is 0 Å². The van der Waals surface area contributed by atoms with Crippen molar-refractivity contribution in [2.45, 2.75) is 110 Å². The molecule has 0 saturated carbocycles. The molecule has 40 heavy (non-hydrogen) atoms. The highest BCUT2D eigenvalue weighted by molar-refractivity contribution is 5.91. The highest BCUT2D eigenvalue weighted by atomic mass is 16.7. The number of ether oxygens (including phenoxy) is 5. The molecule has 10 atom stereocenters. The van der Waals surface area contributed by atoms with Crippen molar-refractivity contribution in [2.24, 2.45) is 23.7 Å². The number of aliphatic hydroxyl groups excluding tert-OH is 1. The first-order valence-corrected chi connectivity index (χ1v) is 14.6. The Balaban J connectivity index is 2.30. The van der Waals surface area contributed by atoms with Crippen LogP contribution < -0.4 is 0 Å². The van der Waals surface area contributed by atoms with Gasteiger partial charge < -0.3 is 33.6 Å². The van der Waals surface area contributed by atoms with Crippen molar-refractivity contribution < 1.29 is 43.2 Å². The largest absolute Gasteiger partial charge is 0.462 e. The second kappa shape index (κ2) is 17.1. The average molecular weight is 567 g/mol. The van der Waals surface area contributed by atoms with E-state index >= 15 is 0 Å². The van der Waals surface area contributed by atoms with Gasteiger partial charge >= 0.3 is 5.97 Å². The fraction of sp³-hybridized carbons (Fsp3) is 0.774. The number of carbonyl (C=O) groups is 3. The number of esters is 1. The lowest BCUT2D eigenvalue weighted by Gasteiger charge is -2.42. The van der Waals surface area contributed by atoms with E-state index in [9.17, 15) is 19.5 Å². The molecule has 9 nitrogen and oxygen atoms in total. The summed E-state index contributed by atoms with van der Waals surface area (Å²) >= 11 is 0. The normalized spacial score (nSPS) is 39.1. The quantitative estimate of drug-likeness (QED) is 0.341. The predicted octanol–water partition coefficient (Wildman–Crippen LogP) is 4.20. The van der Waals surface area contributed by atoms with Crippen molar-refractivity contribution in [1.29, 1.82) is 0 Å². The Labute approximate surface area is 239 Å². The van der Waals surface area contributed by atoms with E-state index in [0.717, 1.165) is 18.3 Å². The minimum absolute atomic E-state index is 0.0198. The summed E-state index contributed by atoms with van der Waals surface area (Å²) in [7, 11) is 3.02. The van der Waals surface area contributed by atoms with E-state index in [1.54, 1.807) is 19.1 Å². The van der Waals surface area contributed by atoms with E-state index in [1.165, 1.54) is 14.2 Å². The molecule has 0 amide bonds. The Kier molecular flexibility index (Phi) is 14.7. The molecule has 1 N–H and O–H groups in total. The zero-order valence-electron chi connectivity index (χ0n) is 25.2. The van der Waals surface area contributed by atoms with Crippen molar-refractivity contribution >= 4 is 18.0 Å². The molecule has 2 rings (SSSR count). The molecular formula is C31H50O9.